The van der Waals surface area contributed by atoms with Crippen LogP contribution < -0.4 is 11.1 Å². The molecule has 0 aliphatic carbocycles. The molecule has 2 aliphatic heterocycles. The van der Waals surface area contributed by atoms with Crippen LogP contribution in [0, 0.1) is 0 Å². The molecule has 1 amide bonds. The molecule has 2 saturated heterocycles. The number of halogens is 2. The van der Waals surface area contributed by atoms with Crippen molar-refractivity contribution in [2.45, 2.75) is 63.2 Å². The molecule has 3 N–H and O–H groups in total. The number of benzene rings is 2. The number of piperidine rings is 1. The quantitative estimate of drug-likeness (QED) is 0.662. The second kappa shape index (κ2) is 10.9. The van der Waals surface area contributed by atoms with Gasteiger partial charge in [0.05, 0.1) is 0 Å². The third-order valence-electron chi connectivity index (χ3n) is 6.13. The van der Waals surface area contributed by atoms with Crippen LogP contribution >= 0.6 is 24.8 Å². The summed E-state index contributed by atoms with van der Waals surface area (Å²) in [6.07, 6.45) is 5.87. The van der Waals surface area contributed by atoms with Gasteiger partial charge >= 0.3 is 0 Å². The fourth-order valence-corrected chi connectivity index (χ4v) is 4.75. The van der Waals surface area contributed by atoms with Crippen molar-refractivity contribution in [3.8, 4) is 0 Å². The molecule has 4 rings (SSSR count). The van der Waals surface area contributed by atoms with Gasteiger partial charge in [-0.3, -0.25) is 9.69 Å². The van der Waals surface area contributed by atoms with Crippen LogP contribution in [0.1, 0.15) is 43.2 Å². The van der Waals surface area contributed by atoms with Gasteiger partial charge in [0.25, 0.3) is 0 Å². The van der Waals surface area contributed by atoms with Crippen molar-refractivity contribution in [2.75, 3.05) is 5.73 Å². The molecule has 2 fully saturated rings. The van der Waals surface area contributed by atoms with E-state index in [0.29, 0.717) is 31.0 Å². The van der Waals surface area contributed by atoms with E-state index in [4.69, 9.17) is 5.73 Å². The van der Waals surface area contributed by atoms with E-state index in [1.54, 1.807) is 0 Å². The molecular formula is C23H31Cl2N3O. The molecule has 29 heavy (non-hydrogen) atoms. The van der Waals surface area contributed by atoms with Crippen LogP contribution in [0.3, 0.4) is 0 Å². The summed E-state index contributed by atoms with van der Waals surface area (Å²) < 4.78 is 0. The number of carbonyl (C=O) groups excluding carboxylic acids is 1. The fraction of sp³-hybridized carbons (Fsp3) is 0.435. The van der Waals surface area contributed by atoms with Gasteiger partial charge in [-0.25, -0.2) is 0 Å². The van der Waals surface area contributed by atoms with Crippen molar-refractivity contribution in [1.82, 2.24) is 10.2 Å². The summed E-state index contributed by atoms with van der Waals surface area (Å²) in [5.41, 5.74) is 9.20. The Kier molecular flexibility index (Phi) is 8.81. The maximum atomic E-state index is 12.4. The Balaban J connectivity index is 0.00000150. The number of fused-ring (bicyclic) bond motifs is 2. The standard InChI is InChI=1S/C23H29N3O.2ClH/c24-22-9-5-4-8-18(22)10-13-23(27)25-19-14-20-11-12-21(15-19)26(20)16-17-6-2-1-3-7-17;;/h1-9,19-21H,10-16,24H2,(H,25,27);2*1H. The molecule has 2 aromatic rings. The number of anilines is 1. The number of aryl methyl sites for hydroxylation is 1. The molecular weight excluding hydrogens is 405 g/mol. The number of nitrogens with two attached hydrogens (primary N) is 1. The SMILES string of the molecule is Cl.Cl.Nc1ccccc1CCC(=O)NC1CC2CCC(C1)N2Cc1ccccc1. The van der Waals surface area contributed by atoms with Crippen molar-refractivity contribution in [3.63, 3.8) is 0 Å². The number of nitrogen functional groups attached to an aromatic ring is 1. The van der Waals surface area contributed by atoms with Gasteiger partial charge in [0.1, 0.15) is 0 Å². The Labute approximate surface area is 186 Å². The highest BCUT2D eigenvalue weighted by molar-refractivity contribution is 5.85. The molecule has 2 unspecified atom stereocenters. The lowest BCUT2D eigenvalue weighted by Crippen LogP contribution is -2.50. The Morgan fingerprint density at radius 1 is 0.966 bits per heavy atom. The molecule has 0 saturated carbocycles. The molecule has 0 spiro atoms. The first kappa shape index (κ1) is 23.5. The first-order valence-corrected chi connectivity index (χ1v) is 10.1. The van der Waals surface area contributed by atoms with Crippen LogP contribution in [-0.2, 0) is 17.8 Å². The first-order valence-electron chi connectivity index (χ1n) is 10.1. The predicted molar refractivity (Wildman–Crippen MR) is 124 cm³/mol. The van der Waals surface area contributed by atoms with E-state index >= 15 is 0 Å². The number of nitrogens with one attached hydrogen (secondary N) is 1. The molecule has 2 heterocycles. The summed E-state index contributed by atoms with van der Waals surface area (Å²) in [5, 5.41) is 3.29. The summed E-state index contributed by atoms with van der Waals surface area (Å²) in [6.45, 7) is 1.03. The summed E-state index contributed by atoms with van der Waals surface area (Å²) >= 11 is 0. The lowest BCUT2D eigenvalue weighted by atomic mass is 9.96. The van der Waals surface area contributed by atoms with Crippen LogP contribution in [0.4, 0.5) is 5.69 Å². The third kappa shape index (κ3) is 5.88. The van der Waals surface area contributed by atoms with Gasteiger partial charge in [0, 0.05) is 36.8 Å². The van der Waals surface area contributed by atoms with Crippen LogP contribution in [0.5, 0.6) is 0 Å². The number of nitrogens with zero attached hydrogens (tertiary/aromatic N) is 1. The summed E-state index contributed by atoms with van der Waals surface area (Å²) in [6, 6.07) is 20.0. The minimum atomic E-state index is 0. The molecule has 0 radical (unpaired) electrons. The number of carbonyl (C=O) groups is 1. The summed E-state index contributed by atoms with van der Waals surface area (Å²) in [5.74, 6) is 0.152. The van der Waals surface area contributed by atoms with Crippen LogP contribution in [-0.4, -0.2) is 28.9 Å². The van der Waals surface area contributed by atoms with Gasteiger partial charge in [0.2, 0.25) is 5.91 Å². The number of hydrogen-bond acceptors (Lipinski definition) is 3. The van der Waals surface area contributed by atoms with E-state index in [0.717, 1.165) is 30.6 Å². The van der Waals surface area contributed by atoms with Gasteiger partial charge < -0.3 is 11.1 Å². The Morgan fingerprint density at radius 3 is 2.24 bits per heavy atom. The average Bonchev–Trinajstić information content (AvgIpc) is 2.90. The van der Waals surface area contributed by atoms with Gasteiger partial charge in [0.15, 0.2) is 0 Å². The minimum Gasteiger partial charge on any atom is -0.399 e. The van der Waals surface area contributed by atoms with Crippen LogP contribution in [0.25, 0.3) is 0 Å². The van der Waals surface area contributed by atoms with Gasteiger partial charge in [-0.15, -0.1) is 24.8 Å². The molecule has 158 valence electrons. The van der Waals surface area contributed by atoms with E-state index in [-0.39, 0.29) is 30.7 Å². The number of amides is 1. The molecule has 4 nitrogen and oxygen atoms in total. The van der Waals surface area contributed by atoms with Crippen molar-refractivity contribution >= 4 is 36.4 Å². The Hall–Kier alpha value is -1.75. The van der Waals surface area contributed by atoms with Crippen LogP contribution in [0.2, 0.25) is 0 Å². The van der Waals surface area contributed by atoms with Crippen molar-refractivity contribution in [1.29, 1.82) is 0 Å². The first-order chi connectivity index (χ1) is 13.2. The maximum Gasteiger partial charge on any atom is 0.220 e. The Morgan fingerprint density at radius 2 is 1.59 bits per heavy atom. The predicted octanol–water partition coefficient (Wildman–Crippen LogP) is 4.36. The average molecular weight is 436 g/mol. The van der Waals surface area contributed by atoms with Gasteiger partial charge in [-0.05, 0) is 49.3 Å². The van der Waals surface area contributed by atoms with Gasteiger partial charge in [-0.1, -0.05) is 48.5 Å². The number of rotatable bonds is 6. The molecule has 2 atom stereocenters. The van der Waals surface area contributed by atoms with E-state index < -0.39 is 0 Å². The topological polar surface area (TPSA) is 58.4 Å². The largest absolute Gasteiger partial charge is 0.399 e. The zero-order chi connectivity index (χ0) is 18.6. The van der Waals surface area contributed by atoms with Crippen molar-refractivity contribution < 1.29 is 4.79 Å². The normalized spacial score (nSPS) is 23.0. The van der Waals surface area contributed by atoms with Gasteiger partial charge in [-0.2, -0.15) is 0 Å². The van der Waals surface area contributed by atoms with E-state index in [9.17, 15) is 4.79 Å². The monoisotopic (exact) mass is 435 g/mol. The smallest absolute Gasteiger partial charge is 0.220 e. The molecule has 0 aromatic heterocycles. The number of hydrogen-bond donors (Lipinski definition) is 2. The molecule has 2 bridgehead atoms. The van der Waals surface area contributed by atoms with E-state index in [1.807, 2.05) is 24.3 Å². The maximum absolute atomic E-state index is 12.4. The van der Waals surface area contributed by atoms with Crippen molar-refractivity contribution in [3.05, 3.63) is 65.7 Å². The minimum absolute atomic E-state index is 0. The zero-order valence-corrected chi connectivity index (χ0v) is 18.3. The van der Waals surface area contributed by atoms with Crippen molar-refractivity contribution in [2.24, 2.45) is 0 Å². The lowest BCUT2D eigenvalue weighted by Gasteiger charge is -2.39. The Bertz CT molecular complexity index is 773. The second-order valence-electron chi connectivity index (χ2n) is 7.98. The van der Waals surface area contributed by atoms with E-state index in [1.165, 1.54) is 18.4 Å². The summed E-state index contributed by atoms with van der Waals surface area (Å²) in [4.78, 5) is 15.1. The highest BCUT2D eigenvalue weighted by Gasteiger charge is 2.40. The zero-order valence-electron chi connectivity index (χ0n) is 16.6. The molecule has 2 aliphatic rings. The molecule has 6 heteroatoms. The number of para-hydroxylation sites is 1. The highest BCUT2D eigenvalue weighted by Crippen LogP contribution is 2.36. The second-order valence-corrected chi connectivity index (χ2v) is 7.98. The third-order valence-corrected chi connectivity index (χ3v) is 6.13. The summed E-state index contributed by atoms with van der Waals surface area (Å²) in [7, 11) is 0. The van der Waals surface area contributed by atoms with Crippen LogP contribution in [0.15, 0.2) is 54.6 Å². The highest BCUT2D eigenvalue weighted by atomic mass is 35.5. The lowest BCUT2D eigenvalue weighted by molar-refractivity contribution is -0.122. The fourth-order valence-electron chi connectivity index (χ4n) is 4.75. The van der Waals surface area contributed by atoms with E-state index in [2.05, 4.69) is 40.5 Å². The molecule has 2 aromatic carbocycles.